The van der Waals surface area contributed by atoms with Crippen LogP contribution in [0.4, 0.5) is 0 Å². The van der Waals surface area contributed by atoms with E-state index in [0.717, 1.165) is 6.54 Å². The number of hydrogen-bond acceptors (Lipinski definition) is 4. The first kappa shape index (κ1) is 13.2. The summed E-state index contributed by atoms with van der Waals surface area (Å²) in [5.41, 5.74) is 0. The van der Waals surface area contributed by atoms with E-state index in [1.807, 2.05) is 20.9 Å². The number of piperidine rings is 1. The number of likely N-dealkylation sites (tertiary alicyclic amines) is 1. The molecule has 0 aliphatic carbocycles. The average molecular weight is 227 g/mol. The first-order valence-corrected chi connectivity index (χ1v) is 5.78. The molecule has 0 aromatic heterocycles. The molecule has 0 aromatic carbocycles. The van der Waals surface area contributed by atoms with Gasteiger partial charge in [-0.25, -0.2) is 0 Å². The van der Waals surface area contributed by atoms with Crippen molar-refractivity contribution in [3.05, 3.63) is 0 Å². The normalized spacial score (nSPS) is 31.5. The predicted molar refractivity (Wildman–Crippen MR) is 61.0 cm³/mol. The first-order valence-electron chi connectivity index (χ1n) is 5.78. The Morgan fingerprint density at radius 1 is 1.50 bits per heavy atom. The van der Waals surface area contributed by atoms with Crippen LogP contribution in [-0.2, 0) is 14.3 Å². The minimum absolute atomic E-state index is 0.0344. The van der Waals surface area contributed by atoms with Crippen molar-refractivity contribution in [1.82, 2.24) is 4.90 Å². The van der Waals surface area contributed by atoms with Gasteiger partial charge in [0.05, 0.1) is 7.11 Å². The lowest BCUT2D eigenvalue weighted by Gasteiger charge is -2.39. The molecule has 0 saturated carbocycles. The lowest BCUT2D eigenvalue weighted by Crippen LogP contribution is -2.50. The van der Waals surface area contributed by atoms with E-state index in [2.05, 4.69) is 9.64 Å². The molecular formula is C12H21NO3. The smallest absolute Gasteiger partial charge is 0.305 e. The molecule has 0 radical (unpaired) electrons. The number of methoxy groups -OCH3 is 1. The van der Waals surface area contributed by atoms with Gasteiger partial charge in [-0.2, -0.15) is 0 Å². The third-order valence-electron chi connectivity index (χ3n) is 3.58. The largest absolute Gasteiger partial charge is 0.469 e. The van der Waals surface area contributed by atoms with Crippen LogP contribution in [0.1, 0.15) is 26.7 Å². The second-order valence-corrected chi connectivity index (χ2v) is 4.70. The highest BCUT2D eigenvalue weighted by atomic mass is 16.5. The molecule has 0 aromatic rings. The Hall–Kier alpha value is -0.900. The van der Waals surface area contributed by atoms with E-state index in [0.29, 0.717) is 12.8 Å². The highest BCUT2D eigenvalue weighted by Gasteiger charge is 2.36. The van der Waals surface area contributed by atoms with E-state index in [1.54, 1.807) is 0 Å². The van der Waals surface area contributed by atoms with Crippen molar-refractivity contribution in [1.29, 1.82) is 0 Å². The molecule has 3 unspecified atom stereocenters. The number of ketones is 1. The zero-order chi connectivity index (χ0) is 12.3. The van der Waals surface area contributed by atoms with Crippen molar-refractivity contribution in [3.63, 3.8) is 0 Å². The van der Waals surface area contributed by atoms with Gasteiger partial charge >= 0.3 is 5.97 Å². The summed E-state index contributed by atoms with van der Waals surface area (Å²) in [6.45, 7) is 4.82. The predicted octanol–water partition coefficient (Wildman–Crippen LogP) is 1.09. The van der Waals surface area contributed by atoms with Crippen LogP contribution in [0.2, 0.25) is 0 Å². The lowest BCUT2D eigenvalue weighted by atomic mass is 9.81. The third-order valence-corrected chi connectivity index (χ3v) is 3.58. The van der Waals surface area contributed by atoms with Crippen LogP contribution in [0.5, 0.6) is 0 Å². The Balaban J connectivity index is 2.60. The van der Waals surface area contributed by atoms with Crippen LogP contribution in [0.15, 0.2) is 0 Å². The van der Waals surface area contributed by atoms with Gasteiger partial charge in [-0.1, -0.05) is 6.92 Å². The van der Waals surface area contributed by atoms with Gasteiger partial charge in [0.25, 0.3) is 0 Å². The van der Waals surface area contributed by atoms with Crippen molar-refractivity contribution in [2.75, 3.05) is 20.7 Å². The molecule has 1 saturated heterocycles. The van der Waals surface area contributed by atoms with Gasteiger partial charge in [0.1, 0.15) is 5.78 Å². The Morgan fingerprint density at radius 3 is 2.69 bits per heavy atom. The van der Waals surface area contributed by atoms with E-state index < -0.39 is 0 Å². The standard InChI is InChI=1S/C12H21NO3/c1-8-7-13(3)9(2)10(12(8)15)5-6-11(14)16-4/h8-10H,5-7H2,1-4H3. The zero-order valence-corrected chi connectivity index (χ0v) is 10.5. The van der Waals surface area contributed by atoms with Gasteiger partial charge in [0, 0.05) is 30.8 Å². The summed E-state index contributed by atoms with van der Waals surface area (Å²) in [5, 5.41) is 0. The second kappa shape index (κ2) is 5.43. The number of Topliss-reactive ketones (excluding diaryl/α,β-unsaturated/α-hetero) is 1. The molecule has 4 nitrogen and oxygen atoms in total. The van der Waals surface area contributed by atoms with Gasteiger partial charge in [-0.05, 0) is 20.4 Å². The average Bonchev–Trinajstić information content (AvgIpc) is 2.26. The summed E-state index contributed by atoms with van der Waals surface area (Å²) in [5.74, 6) is 0.0899. The first-order chi connectivity index (χ1) is 7.47. The Labute approximate surface area is 96.9 Å². The summed E-state index contributed by atoms with van der Waals surface area (Å²) < 4.78 is 4.60. The molecule has 1 aliphatic heterocycles. The Bertz CT molecular complexity index is 277. The highest BCUT2D eigenvalue weighted by Crippen LogP contribution is 2.26. The Kier molecular flexibility index (Phi) is 4.47. The van der Waals surface area contributed by atoms with Gasteiger partial charge in [-0.15, -0.1) is 0 Å². The number of hydrogen-bond donors (Lipinski definition) is 0. The van der Waals surface area contributed by atoms with E-state index in [-0.39, 0.29) is 29.6 Å². The van der Waals surface area contributed by atoms with Crippen LogP contribution in [0, 0.1) is 11.8 Å². The highest BCUT2D eigenvalue weighted by molar-refractivity contribution is 5.85. The van der Waals surface area contributed by atoms with Crippen LogP contribution in [0.3, 0.4) is 0 Å². The molecule has 0 amide bonds. The number of carbonyl (C=O) groups excluding carboxylic acids is 2. The van der Waals surface area contributed by atoms with Crippen molar-refractivity contribution >= 4 is 11.8 Å². The Morgan fingerprint density at radius 2 is 2.12 bits per heavy atom. The van der Waals surface area contributed by atoms with Crippen molar-refractivity contribution in [2.45, 2.75) is 32.7 Å². The summed E-state index contributed by atoms with van der Waals surface area (Å²) >= 11 is 0. The molecule has 3 atom stereocenters. The summed E-state index contributed by atoms with van der Waals surface area (Å²) in [7, 11) is 3.40. The van der Waals surface area contributed by atoms with Crippen molar-refractivity contribution in [2.24, 2.45) is 11.8 Å². The topological polar surface area (TPSA) is 46.6 Å². The maximum absolute atomic E-state index is 12.0. The molecule has 92 valence electrons. The van der Waals surface area contributed by atoms with E-state index in [1.165, 1.54) is 7.11 Å². The molecular weight excluding hydrogens is 206 g/mol. The molecule has 16 heavy (non-hydrogen) atoms. The maximum Gasteiger partial charge on any atom is 0.305 e. The van der Waals surface area contributed by atoms with Crippen LogP contribution in [-0.4, -0.2) is 43.4 Å². The minimum atomic E-state index is -0.235. The fourth-order valence-corrected chi connectivity index (χ4v) is 2.36. The molecule has 1 heterocycles. The summed E-state index contributed by atoms with van der Waals surface area (Å²) in [6.07, 6.45) is 0.930. The minimum Gasteiger partial charge on any atom is -0.469 e. The van der Waals surface area contributed by atoms with Crippen LogP contribution >= 0.6 is 0 Å². The lowest BCUT2D eigenvalue weighted by molar-refractivity contribution is -0.142. The molecule has 4 heteroatoms. The van der Waals surface area contributed by atoms with Crippen LogP contribution < -0.4 is 0 Å². The van der Waals surface area contributed by atoms with Gasteiger partial charge in [0.2, 0.25) is 0 Å². The fraction of sp³-hybridized carbons (Fsp3) is 0.833. The van der Waals surface area contributed by atoms with Crippen molar-refractivity contribution in [3.8, 4) is 0 Å². The summed E-state index contributed by atoms with van der Waals surface area (Å²) in [4.78, 5) is 25.3. The molecule has 0 bridgehead atoms. The number of carbonyl (C=O) groups is 2. The molecule has 1 aliphatic rings. The van der Waals surface area contributed by atoms with E-state index in [9.17, 15) is 9.59 Å². The van der Waals surface area contributed by atoms with Crippen LogP contribution in [0.25, 0.3) is 0 Å². The van der Waals surface area contributed by atoms with Crippen molar-refractivity contribution < 1.29 is 14.3 Å². The fourth-order valence-electron chi connectivity index (χ4n) is 2.36. The van der Waals surface area contributed by atoms with E-state index in [4.69, 9.17) is 0 Å². The quantitative estimate of drug-likeness (QED) is 0.677. The van der Waals surface area contributed by atoms with E-state index >= 15 is 0 Å². The number of rotatable bonds is 3. The molecule has 0 N–H and O–H groups in total. The van der Waals surface area contributed by atoms with Gasteiger partial charge in [-0.3, -0.25) is 9.59 Å². The zero-order valence-electron chi connectivity index (χ0n) is 10.5. The number of nitrogens with zero attached hydrogens (tertiary/aromatic N) is 1. The third kappa shape index (κ3) is 2.82. The SMILES string of the molecule is COC(=O)CCC1C(=O)C(C)CN(C)C1C. The van der Waals surface area contributed by atoms with Gasteiger partial charge in [0.15, 0.2) is 0 Å². The summed E-state index contributed by atoms with van der Waals surface area (Å²) in [6, 6.07) is 0.216. The number of esters is 1. The van der Waals surface area contributed by atoms with Gasteiger partial charge < -0.3 is 9.64 Å². The number of ether oxygens (including phenoxy) is 1. The maximum atomic E-state index is 12.0. The molecule has 1 rings (SSSR count). The monoisotopic (exact) mass is 227 g/mol. The second-order valence-electron chi connectivity index (χ2n) is 4.70. The molecule has 0 spiro atoms. The molecule has 1 fully saturated rings.